The number of aliphatic hydroxyl groups is 1. The Labute approximate surface area is 107 Å². The summed E-state index contributed by atoms with van der Waals surface area (Å²) in [5.74, 6) is 0.356. The topological polar surface area (TPSA) is 23.5 Å². The molecule has 0 fully saturated rings. The van der Waals surface area contributed by atoms with Gasteiger partial charge < -0.3 is 5.11 Å². The van der Waals surface area contributed by atoms with Crippen molar-refractivity contribution < 1.29 is 5.11 Å². The van der Waals surface area contributed by atoms with Crippen molar-refractivity contribution >= 4 is 0 Å². The predicted molar refractivity (Wildman–Crippen MR) is 76.1 cm³/mol. The number of nitrogens with zero attached hydrogens (tertiary/aromatic N) is 1. The molecule has 0 bridgehead atoms. The van der Waals surface area contributed by atoms with Crippen LogP contribution in [0, 0.1) is 5.92 Å². The molecule has 0 aliphatic rings. The van der Waals surface area contributed by atoms with E-state index in [2.05, 4.69) is 53.1 Å². The lowest BCUT2D eigenvalue weighted by Gasteiger charge is -2.36. The van der Waals surface area contributed by atoms with Crippen molar-refractivity contribution in [1.82, 2.24) is 4.90 Å². The van der Waals surface area contributed by atoms with Crippen LogP contribution in [0.15, 0.2) is 23.8 Å². The molecule has 2 nitrogen and oxygen atoms in total. The van der Waals surface area contributed by atoms with Crippen LogP contribution in [0.1, 0.15) is 41.0 Å². The highest BCUT2D eigenvalue weighted by Gasteiger charge is 2.25. The van der Waals surface area contributed by atoms with E-state index in [1.807, 2.05) is 6.08 Å². The van der Waals surface area contributed by atoms with Crippen molar-refractivity contribution in [2.45, 2.75) is 53.1 Å². The van der Waals surface area contributed by atoms with Crippen LogP contribution in [0.2, 0.25) is 0 Å². The molecule has 2 atom stereocenters. The first-order chi connectivity index (χ1) is 7.86. The SMILES string of the molecule is C=CC(C(CCO)C(C)=C(C)C)N(C)C(C)C. The summed E-state index contributed by atoms with van der Waals surface area (Å²) < 4.78 is 0. The van der Waals surface area contributed by atoms with E-state index in [1.54, 1.807) is 0 Å². The Morgan fingerprint density at radius 3 is 2.12 bits per heavy atom. The molecule has 0 radical (unpaired) electrons. The van der Waals surface area contributed by atoms with Crippen molar-refractivity contribution in [3.63, 3.8) is 0 Å². The van der Waals surface area contributed by atoms with E-state index in [1.165, 1.54) is 11.1 Å². The van der Waals surface area contributed by atoms with E-state index in [9.17, 15) is 5.11 Å². The summed E-state index contributed by atoms with van der Waals surface area (Å²) >= 11 is 0. The summed E-state index contributed by atoms with van der Waals surface area (Å²) in [6.45, 7) is 15.0. The number of hydrogen-bond donors (Lipinski definition) is 1. The van der Waals surface area contributed by atoms with Crippen LogP contribution in [0.25, 0.3) is 0 Å². The Morgan fingerprint density at radius 2 is 1.82 bits per heavy atom. The zero-order valence-electron chi connectivity index (χ0n) is 12.3. The van der Waals surface area contributed by atoms with Crippen molar-refractivity contribution in [2.24, 2.45) is 5.92 Å². The number of hydrogen-bond acceptors (Lipinski definition) is 2. The van der Waals surface area contributed by atoms with Gasteiger partial charge in [0.15, 0.2) is 0 Å². The minimum Gasteiger partial charge on any atom is -0.396 e. The summed E-state index contributed by atoms with van der Waals surface area (Å²) in [6, 6.07) is 0.765. The van der Waals surface area contributed by atoms with Gasteiger partial charge in [-0.1, -0.05) is 17.2 Å². The Bertz CT molecular complexity index is 264. The highest BCUT2D eigenvalue weighted by Crippen LogP contribution is 2.26. The molecule has 2 heteroatoms. The van der Waals surface area contributed by atoms with Gasteiger partial charge in [-0.15, -0.1) is 6.58 Å². The minimum atomic E-state index is 0.228. The predicted octanol–water partition coefficient (Wildman–Crippen LogP) is 3.24. The van der Waals surface area contributed by atoms with Gasteiger partial charge in [0.1, 0.15) is 0 Å². The fraction of sp³-hybridized carbons (Fsp3) is 0.733. The van der Waals surface area contributed by atoms with Gasteiger partial charge in [-0.05, 0) is 48.1 Å². The molecule has 1 N–H and O–H groups in total. The summed E-state index contributed by atoms with van der Waals surface area (Å²) in [5.41, 5.74) is 2.71. The maximum Gasteiger partial charge on any atom is 0.0437 e. The molecule has 0 aromatic heterocycles. The number of allylic oxidation sites excluding steroid dienone is 1. The van der Waals surface area contributed by atoms with Crippen molar-refractivity contribution in [1.29, 1.82) is 0 Å². The molecule has 17 heavy (non-hydrogen) atoms. The summed E-state index contributed by atoms with van der Waals surface area (Å²) in [4.78, 5) is 2.32. The lowest BCUT2D eigenvalue weighted by atomic mass is 9.86. The second kappa shape index (κ2) is 7.67. The van der Waals surface area contributed by atoms with Crippen LogP contribution >= 0.6 is 0 Å². The summed E-state index contributed by atoms with van der Waals surface area (Å²) in [5, 5.41) is 9.26. The Balaban J connectivity index is 5.13. The van der Waals surface area contributed by atoms with Crippen LogP contribution in [0.3, 0.4) is 0 Å². The maximum absolute atomic E-state index is 9.26. The molecule has 0 spiro atoms. The van der Waals surface area contributed by atoms with Gasteiger partial charge in [0.2, 0.25) is 0 Å². The van der Waals surface area contributed by atoms with Gasteiger partial charge in [0, 0.05) is 24.6 Å². The second-order valence-electron chi connectivity index (χ2n) is 5.29. The fourth-order valence-electron chi connectivity index (χ4n) is 2.11. The third-order valence-corrected chi connectivity index (χ3v) is 3.72. The normalized spacial score (nSPS) is 14.9. The van der Waals surface area contributed by atoms with Crippen LogP contribution in [0.5, 0.6) is 0 Å². The zero-order valence-corrected chi connectivity index (χ0v) is 12.3. The molecule has 100 valence electrons. The van der Waals surface area contributed by atoms with Crippen molar-refractivity contribution in [3.05, 3.63) is 23.8 Å². The first-order valence-corrected chi connectivity index (χ1v) is 6.46. The number of rotatable bonds is 7. The third kappa shape index (κ3) is 4.64. The Morgan fingerprint density at radius 1 is 1.29 bits per heavy atom. The first-order valence-electron chi connectivity index (χ1n) is 6.46. The van der Waals surface area contributed by atoms with Crippen molar-refractivity contribution in [2.75, 3.05) is 13.7 Å². The largest absolute Gasteiger partial charge is 0.396 e. The molecule has 0 aromatic rings. The molecule has 0 saturated carbocycles. The quantitative estimate of drug-likeness (QED) is 0.689. The molecule has 2 unspecified atom stereocenters. The smallest absolute Gasteiger partial charge is 0.0437 e. The zero-order chi connectivity index (χ0) is 13.6. The van der Waals surface area contributed by atoms with E-state index in [0.717, 1.165) is 6.42 Å². The Hall–Kier alpha value is -0.600. The van der Waals surface area contributed by atoms with E-state index in [0.29, 0.717) is 12.0 Å². The molecule has 0 aliphatic carbocycles. The molecule has 0 saturated heterocycles. The minimum absolute atomic E-state index is 0.228. The average Bonchev–Trinajstić information content (AvgIpc) is 2.27. The van der Waals surface area contributed by atoms with E-state index in [4.69, 9.17) is 0 Å². The van der Waals surface area contributed by atoms with Crippen LogP contribution in [-0.2, 0) is 0 Å². The molecular formula is C15H29NO. The van der Waals surface area contributed by atoms with Gasteiger partial charge in [0.05, 0.1) is 0 Å². The van der Waals surface area contributed by atoms with Gasteiger partial charge >= 0.3 is 0 Å². The van der Waals surface area contributed by atoms with Crippen LogP contribution in [-0.4, -0.2) is 35.7 Å². The molecule has 0 aliphatic heterocycles. The summed E-state index contributed by atoms with van der Waals surface area (Å²) in [7, 11) is 2.12. The van der Waals surface area contributed by atoms with E-state index >= 15 is 0 Å². The number of likely N-dealkylation sites (N-methyl/N-ethyl adjacent to an activating group) is 1. The standard InChI is InChI=1S/C15H29NO/c1-8-15(16(7)12(4)5)14(9-10-17)13(6)11(2)3/h8,12,14-15,17H,1,9-10H2,2-7H3. The lowest BCUT2D eigenvalue weighted by molar-refractivity contribution is 0.164. The first kappa shape index (κ1) is 16.4. The van der Waals surface area contributed by atoms with Crippen LogP contribution < -0.4 is 0 Å². The fourth-order valence-corrected chi connectivity index (χ4v) is 2.11. The van der Waals surface area contributed by atoms with Gasteiger partial charge in [0.25, 0.3) is 0 Å². The lowest BCUT2D eigenvalue weighted by Crippen LogP contribution is -2.41. The highest BCUT2D eigenvalue weighted by molar-refractivity contribution is 5.16. The van der Waals surface area contributed by atoms with Gasteiger partial charge in [-0.25, -0.2) is 0 Å². The third-order valence-electron chi connectivity index (χ3n) is 3.72. The van der Waals surface area contributed by atoms with Gasteiger partial charge in [-0.2, -0.15) is 0 Å². The van der Waals surface area contributed by atoms with Crippen molar-refractivity contribution in [3.8, 4) is 0 Å². The monoisotopic (exact) mass is 239 g/mol. The van der Waals surface area contributed by atoms with E-state index in [-0.39, 0.29) is 12.6 Å². The number of aliphatic hydroxyl groups excluding tert-OH is 1. The average molecular weight is 239 g/mol. The van der Waals surface area contributed by atoms with Crippen LogP contribution in [0.4, 0.5) is 0 Å². The van der Waals surface area contributed by atoms with E-state index < -0.39 is 0 Å². The highest BCUT2D eigenvalue weighted by atomic mass is 16.3. The maximum atomic E-state index is 9.26. The summed E-state index contributed by atoms with van der Waals surface area (Å²) in [6.07, 6.45) is 2.80. The second-order valence-corrected chi connectivity index (χ2v) is 5.29. The van der Waals surface area contributed by atoms with Gasteiger partial charge in [-0.3, -0.25) is 4.90 Å². The molecule has 0 aromatic carbocycles. The molecule has 0 heterocycles. The Kier molecular flexibility index (Phi) is 7.40. The molecular weight excluding hydrogens is 210 g/mol. The molecule has 0 amide bonds. The molecule has 0 rings (SSSR count).